The number of benzene rings is 2. The molecule has 0 saturated heterocycles. The topological polar surface area (TPSA) is 53.1 Å². The zero-order valence-electron chi connectivity index (χ0n) is 12.1. The summed E-state index contributed by atoms with van der Waals surface area (Å²) in [6.07, 6.45) is -0.140. The zero-order valence-corrected chi connectivity index (χ0v) is 14.4. The summed E-state index contributed by atoms with van der Waals surface area (Å²) in [4.78, 5) is 14.6. The molecule has 0 saturated carbocycles. The summed E-state index contributed by atoms with van der Waals surface area (Å²) < 4.78 is 0. The highest BCUT2D eigenvalue weighted by Gasteiger charge is 2.19. The number of hydrogen-bond acceptors (Lipinski definition) is 1. The standard InChI is InChI=1S/C17H12Cl3NO2/c1-8-2-4-12(19)15-10(7-14(22)23)17(21-16(8)15)9-3-5-11(18)13(20)6-9/h2-6,21H,7H2,1H3,(H,22,23). The zero-order chi connectivity index (χ0) is 16.7. The molecule has 23 heavy (non-hydrogen) atoms. The van der Waals surface area contributed by atoms with Crippen LogP contribution in [0.3, 0.4) is 0 Å². The number of rotatable bonds is 3. The summed E-state index contributed by atoms with van der Waals surface area (Å²) in [7, 11) is 0. The van der Waals surface area contributed by atoms with Crippen molar-refractivity contribution < 1.29 is 9.90 Å². The number of aromatic amines is 1. The third-order valence-electron chi connectivity index (χ3n) is 3.75. The molecule has 0 radical (unpaired) electrons. The Morgan fingerprint density at radius 3 is 2.43 bits per heavy atom. The van der Waals surface area contributed by atoms with Crippen molar-refractivity contribution >= 4 is 51.7 Å². The van der Waals surface area contributed by atoms with Crippen LogP contribution in [0.15, 0.2) is 30.3 Å². The normalized spacial score (nSPS) is 11.1. The minimum Gasteiger partial charge on any atom is -0.481 e. The molecule has 0 atom stereocenters. The van der Waals surface area contributed by atoms with Crippen LogP contribution in [0.1, 0.15) is 11.1 Å². The van der Waals surface area contributed by atoms with Gasteiger partial charge in [-0.2, -0.15) is 0 Å². The van der Waals surface area contributed by atoms with Gasteiger partial charge in [0.2, 0.25) is 0 Å². The molecule has 2 aromatic carbocycles. The van der Waals surface area contributed by atoms with Crippen LogP contribution in [0.4, 0.5) is 0 Å². The van der Waals surface area contributed by atoms with Crippen molar-refractivity contribution in [1.82, 2.24) is 4.98 Å². The molecule has 0 aliphatic heterocycles. The third-order valence-corrected chi connectivity index (χ3v) is 4.81. The summed E-state index contributed by atoms with van der Waals surface area (Å²) >= 11 is 18.4. The first-order valence-electron chi connectivity index (χ1n) is 6.85. The van der Waals surface area contributed by atoms with Crippen LogP contribution >= 0.6 is 34.8 Å². The quantitative estimate of drug-likeness (QED) is 0.620. The molecule has 6 heteroatoms. The van der Waals surface area contributed by atoms with E-state index in [-0.39, 0.29) is 6.42 Å². The fourth-order valence-corrected chi connectivity index (χ4v) is 3.26. The van der Waals surface area contributed by atoms with Crippen LogP contribution in [0.25, 0.3) is 22.2 Å². The monoisotopic (exact) mass is 367 g/mol. The van der Waals surface area contributed by atoms with Gasteiger partial charge in [0, 0.05) is 5.39 Å². The average molecular weight is 369 g/mol. The van der Waals surface area contributed by atoms with Gasteiger partial charge >= 0.3 is 5.97 Å². The molecule has 0 bridgehead atoms. The molecule has 1 heterocycles. The first-order valence-corrected chi connectivity index (χ1v) is 7.98. The van der Waals surface area contributed by atoms with E-state index < -0.39 is 5.97 Å². The predicted octanol–water partition coefficient (Wildman–Crippen LogP) is 5.73. The number of hydrogen-bond donors (Lipinski definition) is 2. The van der Waals surface area contributed by atoms with Crippen LogP contribution in [0.2, 0.25) is 15.1 Å². The van der Waals surface area contributed by atoms with Crippen molar-refractivity contribution in [3.05, 3.63) is 56.5 Å². The van der Waals surface area contributed by atoms with Crippen molar-refractivity contribution in [2.24, 2.45) is 0 Å². The highest BCUT2D eigenvalue weighted by Crippen LogP contribution is 2.38. The summed E-state index contributed by atoms with van der Waals surface area (Å²) in [5, 5.41) is 11.4. The van der Waals surface area contributed by atoms with Crippen LogP contribution in [-0.4, -0.2) is 16.1 Å². The fourth-order valence-electron chi connectivity index (χ4n) is 2.69. The van der Waals surface area contributed by atoms with E-state index in [1.54, 1.807) is 24.3 Å². The Balaban J connectivity index is 2.35. The number of fused-ring (bicyclic) bond motifs is 1. The minimum absolute atomic E-state index is 0.140. The van der Waals surface area contributed by atoms with Crippen LogP contribution in [0.5, 0.6) is 0 Å². The van der Waals surface area contributed by atoms with Gasteiger partial charge in [0.15, 0.2) is 0 Å². The van der Waals surface area contributed by atoms with Crippen LogP contribution in [0, 0.1) is 6.92 Å². The Labute approximate surface area is 147 Å². The van der Waals surface area contributed by atoms with Gasteiger partial charge in [-0.05, 0) is 41.8 Å². The number of carboxylic acid groups (broad SMARTS) is 1. The fraction of sp³-hybridized carbons (Fsp3) is 0.118. The maximum Gasteiger partial charge on any atom is 0.307 e. The van der Waals surface area contributed by atoms with Gasteiger partial charge in [0.25, 0.3) is 0 Å². The second kappa shape index (κ2) is 6.08. The maximum absolute atomic E-state index is 11.3. The molecule has 2 N–H and O–H groups in total. The Bertz CT molecular complexity index is 931. The van der Waals surface area contributed by atoms with E-state index in [1.807, 2.05) is 13.0 Å². The molecule has 0 spiro atoms. The van der Waals surface area contributed by atoms with Gasteiger partial charge in [-0.25, -0.2) is 0 Å². The molecule has 0 aliphatic carbocycles. The molecule has 3 rings (SSSR count). The minimum atomic E-state index is -0.926. The SMILES string of the molecule is Cc1ccc(Cl)c2c(CC(=O)O)c(-c3ccc(Cl)c(Cl)c3)[nH]c12. The second-order valence-electron chi connectivity index (χ2n) is 5.29. The molecule has 3 nitrogen and oxygen atoms in total. The number of halogens is 3. The van der Waals surface area contributed by atoms with Crippen molar-refractivity contribution in [2.45, 2.75) is 13.3 Å². The lowest BCUT2D eigenvalue weighted by molar-refractivity contribution is -0.136. The Morgan fingerprint density at radius 1 is 1.09 bits per heavy atom. The Hall–Kier alpha value is -1.68. The molecule has 3 aromatic rings. The first kappa shape index (κ1) is 16.2. The van der Waals surface area contributed by atoms with Crippen molar-refractivity contribution in [3.8, 4) is 11.3 Å². The molecule has 0 amide bonds. The number of carboxylic acids is 1. The molecule has 1 aromatic heterocycles. The molecular weight excluding hydrogens is 357 g/mol. The molecule has 0 fully saturated rings. The number of aryl methyl sites for hydroxylation is 1. The molecule has 118 valence electrons. The van der Waals surface area contributed by atoms with Gasteiger partial charge < -0.3 is 10.1 Å². The van der Waals surface area contributed by atoms with E-state index in [0.717, 1.165) is 22.0 Å². The molecule has 0 aliphatic rings. The van der Waals surface area contributed by atoms with E-state index in [2.05, 4.69) is 4.98 Å². The largest absolute Gasteiger partial charge is 0.481 e. The van der Waals surface area contributed by atoms with Gasteiger partial charge in [0.05, 0.1) is 32.7 Å². The highest BCUT2D eigenvalue weighted by atomic mass is 35.5. The highest BCUT2D eigenvalue weighted by molar-refractivity contribution is 6.42. The van der Waals surface area contributed by atoms with Crippen LogP contribution in [-0.2, 0) is 11.2 Å². The Kier molecular flexibility index (Phi) is 4.28. The van der Waals surface area contributed by atoms with E-state index in [1.165, 1.54) is 0 Å². The van der Waals surface area contributed by atoms with Crippen molar-refractivity contribution in [1.29, 1.82) is 0 Å². The summed E-state index contributed by atoms with van der Waals surface area (Å²) in [6, 6.07) is 8.86. The predicted molar refractivity (Wildman–Crippen MR) is 94.8 cm³/mol. The number of aliphatic carboxylic acids is 1. The van der Waals surface area contributed by atoms with Crippen molar-refractivity contribution in [2.75, 3.05) is 0 Å². The van der Waals surface area contributed by atoms with Gasteiger partial charge in [-0.1, -0.05) is 46.9 Å². The lowest BCUT2D eigenvalue weighted by atomic mass is 10.0. The summed E-state index contributed by atoms with van der Waals surface area (Å²) in [5.41, 5.74) is 3.91. The number of aromatic nitrogens is 1. The van der Waals surface area contributed by atoms with Gasteiger partial charge in [-0.15, -0.1) is 0 Å². The summed E-state index contributed by atoms with van der Waals surface area (Å²) in [6.45, 7) is 1.94. The lowest BCUT2D eigenvalue weighted by Gasteiger charge is -2.05. The number of H-pyrrole nitrogens is 1. The van der Waals surface area contributed by atoms with Crippen molar-refractivity contribution in [3.63, 3.8) is 0 Å². The maximum atomic E-state index is 11.3. The molecular formula is C17H12Cl3NO2. The van der Waals surface area contributed by atoms with E-state index in [0.29, 0.717) is 26.3 Å². The second-order valence-corrected chi connectivity index (χ2v) is 6.51. The lowest BCUT2D eigenvalue weighted by Crippen LogP contribution is -2.01. The molecule has 0 unspecified atom stereocenters. The van der Waals surface area contributed by atoms with E-state index >= 15 is 0 Å². The van der Waals surface area contributed by atoms with Crippen LogP contribution < -0.4 is 0 Å². The summed E-state index contributed by atoms with van der Waals surface area (Å²) in [5.74, 6) is -0.926. The van der Waals surface area contributed by atoms with E-state index in [4.69, 9.17) is 34.8 Å². The smallest absolute Gasteiger partial charge is 0.307 e. The average Bonchev–Trinajstić information content (AvgIpc) is 2.86. The number of carbonyl (C=O) groups is 1. The van der Waals surface area contributed by atoms with Gasteiger partial charge in [0.1, 0.15) is 0 Å². The van der Waals surface area contributed by atoms with E-state index in [9.17, 15) is 9.90 Å². The number of nitrogens with one attached hydrogen (secondary N) is 1. The Morgan fingerprint density at radius 2 is 1.78 bits per heavy atom. The first-order chi connectivity index (χ1) is 10.9. The van der Waals surface area contributed by atoms with Gasteiger partial charge in [-0.3, -0.25) is 4.79 Å². The third kappa shape index (κ3) is 2.92.